The first-order valence-electron chi connectivity index (χ1n) is 8.87. The first-order valence-corrected chi connectivity index (χ1v) is 8.87. The molecular weight excluding hydrogens is 396 g/mol. The highest BCUT2D eigenvalue weighted by Crippen LogP contribution is 2.28. The maximum absolute atomic E-state index is 11.9. The van der Waals surface area contributed by atoms with Gasteiger partial charge in [0.2, 0.25) is 17.5 Å². The summed E-state index contributed by atoms with van der Waals surface area (Å²) >= 11 is 0. The lowest BCUT2D eigenvalue weighted by Crippen LogP contribution is -2.60. The average Bonchev–Trinajstić information content (AvgIpc) is 2.99. The van der Waals surface area contributed by atoms with Crippen LogP contribution in [0, 0.1) is 6.92 Å². The lowest BCUT2D eigenvalue weighted by atomic mass is 9.99. The quantitative estimate of drug-likeness (QED) is 0.268. The molecule has 29 heavy (non-hydrogen) atoms. The van der Waals surface area contributed by atoms with Gasteiger partial charge in [0, 0.05) is 6.07 Å². The molecule has 1 aromatic heterocycles. The molecule has 164 valence electrons. The van der Waals surface area contributed by atoms with Crippen LogP contribution >= 0.6 is 0 Å². The second kappa shape index (κ2) is 8.63. The van der Waals surface area contributed by atoms with Crippen molar-refractivity contribution in [1.29, 1.82) is 0 Å². The number of aryl methyl sites for hydroxylation is 1. The molecule has 0 aromatic carbocycles. The van der Waals surface area contributed by atoms with Crippen molar-refractivity contribution in [3.8, 4) is 5.75 Å². The van der Waals surface area contributed by atoms with Crippen molar-refractivity contribution in [3.05, 3.63) is 28.3 Å². The number of hydrogen-bond acceptors (Lipinski definition) is 12. The van der Waals surface area contributed by atoms with Crippen molar-refractivity contribution in [2.75, 3.05) is 19.8 Å². The van der Waals surface area contributed by atoms with Crippen molar-refractivity contribution in [2.24, 2.45) is 0 Å². The Bertz CT molecular complexity index is 752. The Morgan fingerprint density at radius 1 is 1.17 bits per heavy atom. The predicted octanol–water partition coefficient (Wildman–Crippen LogP) is -3.41. The number of rotatable bonds is 6. The van der Waals surface area contributed by atoms with E-state index in [9.17, 15) is 30.3 Å². The lowest BCUT2D eigenvalue weighted by Gasteiger charge is -2.40. The Labute approximate surface area is 164 Å². The zero-order valence-corrected chi connectivity index (χ0v) is 15.5. The van der Waals surface area contributed by atoms with E-state index in [0.29, 0.717) is 0 Å². The van der Waals surface area contributed by atoms with Gasteiger partial charge in [0.15, 0.2) is 6.29 Å². The molecule has 2 aliphatic heterocycles. The molecule has 2 aliphatic rings. The lowest BCUT2D eigenvalue weighted by molar-refractivity contribution is -0.289. The molecule has 12 nitrogen and oxygen atoms in total. The van der Waals surface area contributed by atoms with E-state index in [4.69, 9.17) is 28.5 Å². The standard InChI is InChI=1S/C17H24O12/c1-7-13(8(19)2-3-25-7)29-15-12(22)11(21)10(20)9(28-15)4-26-16-14(23)17(24,5-18)6-27-16/h2-3,9-12,14-16,18,20-24H,4-6H2,1H3/t9-,10-,11+,12-,14+,15-,16+,17-/m1/s1. The summed E-state index contributed by atoms with van der Waals surface area (Å²) in [7, 11) is 0. The summed E-state index contributed by atoms with van der Waals surface area (Å²) in [4.78, 5) is 11.9. The number of aliphatic hydroxyl groups is 6. The van der Waals surface area contributed by atoms with Crippen molar-refractivity contribution < 1.29 is 54.0 Å². The van der Waals surface area contributed by atoms with Crippen LogP contribution in [0.25, 0.3) is 0 Å². The van der Waals surface area contributed by atoms with Crippen LogP contribution in [0.5, 0.6) is 5.75 Å². The van der Waals surface area contributed by atoms with Crippen molar-refractivity contribution >= 4 is 0 Å². The van der Waals surface area contributed by atoms with Crippen molar-refractivity contribution in [3.63, 3.8) is 0 Å². The van der Waals surface area contributed by atoms with Gasteiger partial charge in [-0.3, -0.25) is 4.79 Å². The fourth-order valence-corrected chi connectivity index (χ4v) is 3.03. The van der Waals surface area contributed by atoms with Crippen LogP contribution < -0.4 is 10.2 Å². The van der Waals surface area contributed by atoms with E-state index in [1.165, 1.54) is 13.2 Å². The van der Waals surface area contributed by atoms with E-state index in [1.807, 2.05) is 0 Å². The van der Waals surface area contributed by atoms with Crippen molar-refractivity contribution in [2.45, 2.75) is 55.6 Å². The molecule has 0 unspecified atom stereocenters. The molecule has 0 bridgehead atoms. The highest BCUT2D eigenvalue weighted by atomic mass is 16.7. The van der Waals surface area contributed by atoms with Crippen LogP contribution in [0.3, 0.4) is 0 Å². The molecule has 8 atom stereocenters. The summed E-state index contributed by atoms with van der Waals surface area (Å²) < 4.78 is 26.2. The Kier molecular flexibility index (Phi) is 6.57. The number of hydrogen-bond donors (Lipinski definition) is 6. The first kappa shape index (κ1) is 22.1. The van der Waals surface area contributed by atoms with Crippen LogP contribution in [0.2, 0.25) is 0 Å². The molecule has 12 heteroatoms. The fraction of sp³-hybridized carbons (Fsp3) is 0.706. The molecule has 3 heterocycles. The summed E-state index contributed by atoms with van der Waals surface area (Å²) in [5.41, 5.74) is -2.43. The minimum absolute atomic E-state index is 0.118. The second-order valence-corrected chi connectivity index (χ2v) is 7.02. The van der Waals surface area contributed by atoms with Gasteiger partial charge in [0.05, 0.1) is 26.1 Å². The van der Waals surface area contributed by atoms with Gasteiger partial charge in [-0.2, -0.15) is 0 Å². The topological polar surface area (TPSA) is 189 Å². The number of aliphatic hydroxyl groups excluding tert-OH is 5. The predicted molar refractivity (Wildman–Crippen MR) is 90.8 cm³/mol. The van der Waals surface area contributed by atoms with Gasteiger partial charge in [0.25, 0.3) is 0 Å². The zero-order chi connectivity index (χ0) is 21.3. The van der Waals surface area contributed by atoms with E-state index >= 15 is 0 Å². The zero-order valence-electron chi connectivity index (χ0n) is 15.5. The molecule has 0 saturated carbocycles. The molecular formula is C17H24O12. The van der Waals surface area contributed by atoms with Crippen molar-refractivity contribution in [1.82, 2.24) is 0 Å². The maximum atomic E-state index is 11.9. The third-order valence-electron chi connectivity index (χ3n) is 4.91. The summed E-state index contributed by atoms with van der Waals surface area (Å²) in [6, 6.07) is 1.10. The molecule has 0 aliphatic carbocycles. The third-order valence-corrected chi connectivity index (χ3v) is 4.91. The summed E-state index contributed by atoms with van der Waals surface area (Å²) in [6.07, 6.45) is -9.47. The van der Waals surface area contributed by atoms with E-state index in [-0.39, 0.29) is 18.1 Å². The SMILES string of the molecule is Cc1occc(=O)c1O[C@H]1O[C@H](CO[C@H]2OC[C@](O)(CO)[C@H]2O)[C@@H](O)[C@H](O)[C@H]1O. The molecule has 2 fully saturated rings. The smallest absolute Gasteiger partial charge is 0.229 e. The molecule has 2 saturated heterocycles. The summed E-state index contributed by atoms with van der Waals surface area (Å²) in [5.74, 6) is -0.116. The van der Waals surface area contributed by atoms with E-state index in [2.05, 4.69) is 0 Å². The minimum atomic E-state index is -1.89. The number of ether oxygens (including phenoxy) is 4. The molecule has 0 radical (unpaired) electrons. The van der Waals surface area contributed by atoms with E-state index < -0.39 is 67.3 Å². The van der Waals surface area contributed by atoms with Gasteiger partial charge in [-0.25, -0.2) is 0 Å². The summed E-state index contributed by atoms with van der Waals surface area (Å²) in [6.45, 7) is -0.106. The molecule has 0 amide bonds. The van der Waals surface area contributed by atoms with Gasteiger partial charge in [-0.05, 0) is 6.92 Å². The average molecular weight is 420 g/mol. The largest absolute Gasteiger partial charge is 0.465 e. The van der Waals surface area contributed by atoms with Gasteiger partial charge in [0.1, 0.15) is 41.9 Å². The molecule has 1 aromatic rings. The van der Waals surface area contributed by atoms with Gasteiger partial charge < -0.3 is 54.0 Å². The van der Waals surface area contributed by atoms with E-state index in [1.54, 1.807) is 0 Å². The Morgan fingerprint density at radius 3 is 2.52 bits per heavy atom. The molecule has 6 N–H and O–H groups in total. The Hall–Kier alpha value is -1.61. The van der Waals surface area contributed by atoms with Crippen LogP contribution in [0.15, 0.2) is 21.5 Å². The third kappa shape index (κ3) is 4.30. The van der Waals surface area contributed by atoms with E-state index in [0.717, 1.165) is 6.07 Å². The van der Waals surface area contributed by atoms with Gasteiger partial charge in [-0.15, -0.1) is 0 Å². The fourth-order valence-electron chi connectivity index (χ4n) is 3.03. The maximum Gasteiger partial charge on any atom is 0.229 e. The molecule has 3 rings (SSSR count). The highest BCUT2D eigenvalue weighted by molar-refractivity contribution is 5.23. The van der Waals surface area contributed by atoms with Crippen LogP contribution in [0.1, 0.15) is 5.76 Å². The Morgan fingerprint density at radius 2 is 1.90 bits per heavy atom. The monoisotopic (exact) mass is 420 g/mol. The summed E-state index contributed by atoms with van der Waals surface area (Å²) in [5, 5.41) is 59.4. The minimum Gasteiger partial charge on any atom is -0.465 e. The van der Waals surface area contributed by atoms with Crippen LogP contribution in [-0.2, 0) is 14.2 Å². The van der Waals surface area contributed by atoms with Gasteiger partial charge in [-0.1, -0.05) is 0 Å². The van der Waals surface area contributed by atoms with Crippen LogP contribution in [0.4, 0.5) is 0 Å². The Balaban J connectivity index is 1.67. The second-order valence-electron chi connectivity index (χ2n) is 7.02. The normalized spacial score (nSPS) is 40.2. The van der Waals surface area contributed by atoms with Gasteiger partial charge >= 0.3 is 0 Å². The molecule has 0 spiro atoms. The first-order chi connectivity index (χ1) is 13.7. The highest BCUT2D eigenvalue weighted by Gasteiger charge is 2.50. The van der Waals surface area contributed by atoms with Crippen LogP contribution in [-0.4, -0.2) is 99.2 Å².